The van der Waals surface area contributed by atoms with E-state index < -0.39 is 0 Å². The number of carbonyl (C=O) groups excluding carboxylic acids is 1. The van der Waals surface area contributed by atoms with Crippen LogP contribution >= 0.6 is 0 Å². The fourth-order valence-corrected chi connectivity index (χ4v) is 3.27. The van der Waals surface area contributed by atoms with Crippen LogP contribution in [-0.4, -0.2) is 29.9 Å². The lowest BCUT2D eigenvalue weighted by atomic mass is 10.00. The van der Waals surface area contributed by atoms with Crippen LogP contribution < -0.4 is 5.73 Å². The molecule has 1 aromatic carbocycles. The minimum atomic E-state index is 0.154. The molecular weight excluding hydrogens is 248 g/mol. The van der Waals surface area contributed by atoms with Gasteiger partial charge in [-0.1, -0.05) is 12.5 Å². The van der Waals surface area contributed by atoms with Gasteiger partial charge in [0.15, 0.2) is 0 Å². The van der Waals surface area contributed by atoms with Crippen molar-refractivity contribution in [3.05, 3.63) is 34.9 Å². The number of nitrogens with zero attached hydrogens (tertiary/aromatic N) is 1. The third-order valence-electron chi connectivity index (χ3n) is 4.68. The molecule has 0 heterocycles. The van der Waals surface area contributed by atoms with Gasteiger partial charge >= 0.3 is 0 Å². The summed E-state index contributed by atoms with van der Waals surface area (Å²) < 4.78 is 0. The van der Waals surface area contributed by atoms with Crippen LogP contribution in [0.2, 0.25) is 0 Å². The maximum Gasteiger partial charge on any atom is 0.254 e. The predicted molar refractivity (Wildman–Crippen MR) is 82.8 cm³/mol. The molecule has 1 fully saturated rings. The van der Waals surface area contributed by atoms with E-state index in [0.717, 1.165) is 24.9 Å². The third kappa shape index (κ3) is 2.88. The molecule has 2 atom stereocenters. The summed E-state index contributed by atoms with van der Waals surface area (Å²) in [4.78, 5) is 14.8. The molecule has 2 rings (SSSR count). The van der Waals surface area contributed by atoms with Crippen LogP contribution in [0.5, 0.6) is 0 Å². The van der Waals surface area contributed by atoms with Gasteiger partial charge in [0.05, 0.1) is 0 Å². The van der Waals surface area contributed by atoms with Crippen molar-refractivity contribution in [1.29, 1.82) is 0 Å². The minimum absolute atomic E-state index is 0.154. The SMILES string of the molecule is CCN(C(=O)c1ccc(C)c(C)c1)C1CCCC1CN. The Labute approximate surface area is 122 Å². The van der Waals surface area contributed by atoms with Gasteiger partial charge in [-0.2, -0.15) is 0 Å². The lowest BCUT2D eigenvalue weighted by Gasteiger charge is -2.32. The molecule has 2 unspecified atom stereocenters. The smallest absolute Gasteiger partial charge is 0.254 e. The van der Waals surface area contributed by atoms with Gasteiger partial charge in [0.1, 0.15) is 0 Å². The van der Waals surface area contributed by atoms with Crippen molar-refractivity contribution in [3.8, 4) is 0 Å². The first-order valence-corrected chi connectivity index (χ1v) is 7.66. The zero-order valence-corrected chi connectivity index (χ0v) is 12.9. The second-order valence-corrected chi connectivity index (χ2v) is 5.88. The first kappa shape index (κ1) is 15.0. The van der Waals surface area contributed by atoms with Crippen molar-refractivity contribution in [2.24, 2.45) is 11.7 Å². The van der Waals surface area contributed by atoms with E-state index in [9.17, 15) is 4.79 Å². The van der Waals surface area contributed by atoms with Crippen molar-refractivity contribution in [3.63, 3.8) is 0 Å². The van der Waals surface area contributed by atoms with Crippen LogP contribution in [0.4, 0.5) is 0 Å². The number of aryl methyl sites for hydroxylation is 2. The number of carbonyl (C=O) groups is 1. The number of hydrogen-bond acceptors (Lipinski definition) is 2. The molecule has 0 radical (unpaired) electrons. The predicted octanol–water partition coefficient (Wildman–Crippen LogP) is 2.89. The van der Waals surface area contributed by atoms with Crippen molar-refractivity contribution in [2.75, 3.05) is 13.1 Å². The van der Waals surface area contributed by atoms with E-state index in [0.29, 0.717) is 18.5 Å². The number of amides is 1. The minimum Gasteiger partial charge on any atom is -0.336 e. The summed E-state index contributed by atoms with van der Waals surface area (Å²) in [5, 5.41) is 0. The molecule has 2 N–H and O–H groups in total. The highest BCUT2D eigenvalue weighted by atomic mass is 16.2. The van der Waals surface area contributed by atoms with E-state index in [1.54, 1.807) is 0 Å². The summed E-state index contributed by atoms with van der Waals surface area (Å²) in [5.74, 6) is 0.617. The Kier molecular flexibility index (Phi) is 4.81. The van der Waals surface area contributed by atoms with Crippen molar-refractivity contribution < 1.29 is 4.79 Å². The molecule has 110 valence electrons. The first-order valence-electron chi connectivity index (χ1n) is 7.66. The van der Waals surface area contributed by atoms with Crippen LogP contribution in [0.25, 0.3) is 0 Å². The summed E-state index contributed by atoms with van der Waals surface area (Å²) in [6.45, 7) is 7.63. The van der Waals surface area contributed by atoms with Crippen molar-refractivity contribution >= 4 is 5.91 Å². The largest absolute Gasteiger partial charge is 0.336 e. The standard InChI is InChI=1S/C17H26N2O/c1-4-19(16-7-5-6-15(16)11-18)17(20)14-9-8-12(2)13(3)10-14/h8-10,15-16H,4-7,11,18H2,1-3H3. The fraction of sp³-hybridized carbons (Fsp3) is 0.588. The van der Waals surface area contributed by atoms with E-state index in [1.807, 2.05) is 23.1 Å². The fourth-order valence-electron chi connectivity index (χ4n) is 3.27. The first-order chi connectivity index (χ1) is 9.58. The number of nitrogens with two attached hydrogens (primary N) is 1. The maximum atomic E-state index is 12.8. The monoisotopic (exact) mass is 274 g/mol. The second kappa shape index (κ2) is 6.40. The van der Waals surface area contributed by atoms with E-state index in [4.69, 9.17) is 5.73 Å². The quantitative estimate of drug-likeness (QED) is 0.917. The maximum absolute atomic E-state index is 12.8. The molecule has 1 aliphatic rings. The zero-order valence-electron chi connectivity index (χ0n) is 12.9. The second-order valence-electron chi connectivity index (χ2n) is 5.88. The molecule has 1 amide bonds. The summed E-state index contributed by atoms with van der Waals surface area (Å²) >= 11 is 0. The number of benzene rings is 1. The van der Waals surface area contributed by atoms with Crippen LogP contribution in [-0.2, 0) is 0 Å². The molecule has 20 heavy (non-hydrogen) atoms. The van der Waals surface area contributed by atoms with Crippen LogP contribution in [0, 0.1) is 19.8 Å². The summed E-state index contributed by atoms with van der Waals surface area (Å²) in [6.07, 6.45) is 3.42. The summed E-state index contributed by atoms with van der Waals surface area (Å²) in [7, 11) is 0. The molecule has 1 aromatic rings. The van der Waals surface area contributed by atoms with E-state index in [-0.39, 0.29) is 5.91 Å². The average molecular weight is 274 g/mol. The molecule has 0 aliphatic heterocycles. The van der Waals surface area contributed by atoms with Gasteiger partial charge < -0.3 is 10.6 Å². The normalized spacial score (nSPS) is 22.0. The highest BCUT2D eigenvalue weighted by Gasteiger charge is 2.33. The Morgan fingerprint density at radius 2 is 2.05 bits per heavy atom. The number of hydrogen-bond donors (Lipinski definition) is 1. The van der Waals surface area contributed by atoms with Gasteiger partial charge in [0.25, 0.3) is 5.91 Å². The lowest BCUT2D eigenvalue weighted by molar-refractivity contribution is 0.0652. The molecule has 0 aromatic heterocycles. The third-order valence-corrected chi connectivity index (χ3v) is 4.68. The molecule has 1 saturated carbocycles. The Morgan fingerprint density at radius 3 is 2.65 bits per heavy atom. The Hall–Kier alpha value is -1.35. The van der Waals surface area contributed by atoms with Gasteiger partial charge in [-0.05, 0) is 69.3 Å². The number of rotatable bonds is 4. The topological polar surface area (TPSA) is 46.3 Å². The molecule has 0 saturated heterocycles. The average Bonchev–Trinajstić information content (AvgIpc) is 2.91. The molecule has 0 bridgehead atoms. The van der Waals surface area contributed by atoms with Gasteiger partial charge in [-0.15, -0.1) is 0 Å². The van der Waals surface area contributed by atoms with Crippen LogP contribution in [0.3, 0.4) is 0 Å². The molecule has 0 spiro atoms. The summed E-state index contributed by atoms with van der Waals surface area (Å²) in [6, 6.07) is 6.30. The van der Waals surface area contributed by atoms with E-state index in [1.165, 1.54) is 17.5 Å². The molecule has 3 heteroatoms. The van der Waals surface area contributed by atoms with Gasteiger partial charge in [-0.3, -0.25) is 4.79 Å². The van der Waals surface area contributed by atoms with E-state index >= 15 is 0 Å². The molecule has 3 nitrogen and oxygen atoms in total. The highest BCUT2D eigenvalue weighted by molar-refractivity contribution is 5.94. The van der Waals surface area contributed by atoms with Crippen molar-refractivity contribution in [2.45, 2.75) is 46.1 Å². The molecule has 1 aliphatic carbocycles. The van der Waals surface area contributed by atoms with Gasteiger partial charge in [0, 0.05) is 18.2 Å². The van der Waals surface area contributed by atoms with Crippen LogP contribution in [0.15, 0.2) is 18.2 Å². The summed E-state index contributed by atoms with van der Waals surface area (Å²) in [5.41, 5.74) is 9.07. The van der Waals surface area contributed by atoms with Gasteiger partial charge in [0.2, 0.25) is 0 Å². The Balaban J connectivity index is 2.22. The molecular formula is C17H26N2O. The van der Waals surface area contributed by atoms with Gasteiger partial charge in [-0.25, -0.2) is 0 Å². The highest BCUT2D eigenvalue weighted by Crippen LogP contribution is 2.30. The lowest BCUT2D eigenvalue weighted by Crippen LogP contribution is -2.44. The van der Waals surface area contributed by atoms with Crippen LogP contribution in [0.1, 0.15) is 47.7 Å². The Morgan fingerprint density at radius 1 is 1.30 bits per heavy atom. The van der Waals surface area contributed by atoms with Crippen molar-refractivity contribution in [1.82, 2.24) is 4.90 Å². The zero-order chi connectivity index (χ0) is 14.7. The Bertz CT molecular complexity index is 484. The van der Waals surface area contributed by atoms with E-state index in [2.05, 4.69) is 20.8 Å².